The second kappa shape index (κ2) is 5.72. The van der Waals surface area contributed by atoms with Gasteiger partial charge >= 0.3 is 0 Å². The van der Waals surface area contributed by atoms with E-state index >= 15 is 0 Å². The molecule has 2 nitrogen and oxygen atoms in total. The van der Waals surface area contributed by atoms with E-state index < -0.39 is 0 Å². The second-order valence-corrected chi connectivity index (χ2v) is 4.66. The molecule has 0 aliphatic carbocycles. The number of thiazole rings is 1. The first kappa shape index (κ1) is 12.0. The topological polar surface area (TPSA) is 38.9 Å². The first-order chi connectivity index (χ1) is 8.29. The summed E-state index contributed by atoms with van der Waals surface area (Å²) in [6, 6.07) is 7.95. The fourth-order valence-electron chi connectivity index (χ4n) is 1.36. The molecule has 0 spiro atoms. The first-order valence-corrected chi connectivity index (χ1v) is 6.57. The number of hydrogen-bond donors (Lipinski definition) is 1. The molecule has 1 aromatic heterocycles. The van der Waals surface area contributed by atoms with Gasteiger partial charge in [-0.15, -0.1) is 22.9 Å². The monoisotopic (exact) mass is 262 g/mol. The summed E-state index contributed by atoms with van der Waals surface area (Å²) in [5.41, 5.74) is 8.55. The molecule has 17 heavy (non-hydrogen) atoms. The van der Waals surface area contributed by atoms with Crippen molar-refractivity contribution in [3.63, 3.8) is 0 Å². The van der Waals surface area contributed by atoms with Crippen LogP contribution < -0.4 is 5.73 Å². The van der Waals surface area contributed by atoms with Crippen molar-refractivity contribution in [3.8, 4) is 23.1 Å². The third-order valence-electron chi connectivity index (χ3n) is 2.15. The maximum Gasteiger partial charge on any atom is 0.180 e. The highest BCUT2D eigenvalue weighted by Crippen LogP contribution is 2.22. The van der Waals surface area contributed by atoms with E-state index in [4.69, 9.17) is 17.3 Å². The van der Waals surface area contributed by atoms with Gasteiger partial charge in [0.05, 0.1) is 5.69 Å². The molecule has 1 heterocycles. The van der Waals surface area contributed by atoms with Crippen LogP contribution in [0.25, 0.3) is 11.3 Å². The minimum absolute atomic E-state index is 0.573. The summed E-state index contributed by atoms with van der Waals surface area (Å²) in [5, 5.41) is 2.54. The van der Waals surface area contributed by atoms with Crippen LogP contribution in [0.3, 0.4) is 0 Å². The van der Waals surface area contributed by atoms with E-state index in [1.807, 2.05) is 29.6 Å². The van der Waals surface area contributed by atoms with E-state index in [1.54, 1.807) is 0 Å². The van der Waals surface area contributed by atoms with Crippen LogP contribution in [0, 0.1) is 11.8 Å². The van der Waals surface area contributed by atoms with E-state index in [1.165, 1.54) is 11.3 Å². The molecule has 0 fully saturated rings. The van der Waals surface area contributed by atoms with Crippen LogP contribution in [-0.4, -0.2) is 10.9 Å². The second-order valence-electron chi connectivity index (χ2n) is 3.39. The Bertz CT molecular complexity index is 549. The number of anilines is 1. The molecule has 1 aromatic carbocycles. The molecule has 2 aromatic rings. The normalized spacial score (nSPS) is 9.71. The van der Waals surface area contributed by atoms with Crippen molar-refractivity contribution in [2.75, 3.05) is 11.6 Å². The van der Waals surface area contributed by atoms with Crippen LogP contribution in [0.15, 0.2) is 29.6 Å². The number of hydrogen-bond acceptors (Lipinski definition) is 3. The lowest BCUT2D eigenvalue weighted by Gasteiger charge is -1.96. The van der Waals surface area contributed by atoms with Crippen molar-refractivity contribution in [1.29, 1.82) is 0 Å². The Kier molecular flexibility index (Phi) is 4.03. The van der Waals surface area contributed by atoms with Gasteiger partial charge in [0.1, 0.15) is 0 Å². The smallest absolute Gasteiger partial charge is 0.180 e. The van der Waals surface area contributed by atoms with Gasteiger partial charge in [0, 0.05) is 28.8 Å². The van der Waals surface area contributed by atoms with Gasteiger partial charge in [-0.3, -0.25) is 0 Å². The average Bonchev–Trinajstić information content (AvgIpc) is 2.77. The zero-order chi connectivity index (χ0) is 12.1. The Labute approximate surface area is 109 Å². The minimum Gasteiger partial charge on any atom is -0.375 e. The van der Waals surface area contributed by atoms with Crippen LogP contribution in [0.5, 0.6) is 0 Å². The lowest BCUT2D eigenvalue weighted by molar-refractivity contribution is 1.29. The lowest BCUT2D eigenvalue weighted by atomic mass is 10.1. The van der Waals surface area contributed by atoms with Gasteiger partial charge in [-0.1, -0.05) is 24.0 Å². The predicted molar refractivity (Wildman–Crippen MR) is 74.2 cm³/mol. The first-order valence-electron chi connectivity index (χ1n) is 5.16. The summed E-state index contributed by atoms with van der Waals surface area (Å²) in [7, 11) is 0. The maximum absolute atomic E-state index is 5.60. The van der Waals surface area contributed by atoms with Gasteiger partial charge < -0.3 is 5.73 Å². The summed E-state index contributed by atoms with van der Waals surface area (Å²) in [5.74, 6) is 6.62. The maximum atomic E-state index is 5.60. The summed E-state index contributed by atoms with van der Waals surface area (Å²) < 4.78 is 0. The molecular formula is C13H11ClN2S. The number of nitrogens with zero attached hydrogens (tertiary/aromatic N) is 1. The zero-order valence-electron chi connectivity index (χ0n) is 9.11. The zero-order valence-corrected chi connectivity index (χ0v) is 10.7. The van der Waals surface area contributed by atoms with Gasteiger partial charge in [-0.2, -0.15) is 0 Å². The van der Waals surface area contributed by atoms with E-state index in [0.29, 0.717) is 17.4 Å². The Morgan fingerprint density at radius 3 is 2.65 bits per heavy atom. The quantitative estimate of drug-likeness (QED) is 0.666. The van der Waals surface area contributed by atoms with Crippen LogP contribution in [-0.2, 0) is 0 Å². The molecule has 0 bridgehead atoms. The van der Waals surface area contributed by atoms with Crippen molar-refractivity contribution in [2.45, 2.75) is 6.42 Å². The number of benzene rings is 1. The fourth-order valence-corrected chi connectivity index (χ4v) is 2.02. The molecule has 0 unspecified atom stereocenters. The summed E-state index contributed by atoms with van der Waals surface area (Å²) in [6.45, 7) is 0. The van der Waals surface area contributed by atoms with Gasteiger partial charge in [-0.25, -0.2) is 4.98 Å². The van der Waals surface area contributed by atoms with Crippen LogP contribution >= 0.6 is 22.9 Å². The molecular weight excluding hydrogens is 252 g/mol. The number of rotatable bonds is 2. The molecule has 0 aliphatic rings. The number of alkyl halides is 1. The highest BCUT2D eigenvalue weighted by Gasteiger charge is 2.01. The van der Waals surface area contributed by atoms with Crippen LogP contribution in [0.2, 0.25) is 0 Å². The molecule has 0 aliphatic heterocycles. The Morgan fingerprint density at radius 1 is 1.29 bits per heavy atom. The third-order valence-corrected chi connectivity index (χ3v) is 3.02. The largest absolute Gasteiger partial charge is 0.375 e. The van der Waals surface area contributed by atoms with Crippen LogP contribution in [0.4, 0.5) is 5.13 Å². The van der Waals surface area contributed by atoms with Gasteiger partial charge in [0.15, 0.2) is 5.13 Å². The molecule has 0 saturated carbocycles. The van der Waals surface area contributed by atoms with E-state index in [-0.39, 0.29) is 0 Å². The number of nitrogen functional groups attached to an aromatic ring is 1. The van der Waals surface area contributed by atoms with Crippen molar-refractivity contribution < 1.29 is 0 Å². The third kappa shape index (κ3) is 3.23. The molecule has 0 saturated heterocycles. The Hall–Kier alpha value is -1.50. The Morgan fingerprint density at radius 2 is 2.06 bits per heavy atom. The standard InChI is InChI=1S/C13H11ClN2S/c14-8-2-1-3-10-4-6-11(7-5-10)12-9-17-13(15)16-12/h4-7,9H,2,8H2,(H2,15,16). The van der Waals surface area contributed by atoms with E-state index in [0.717, 1.165) is 16.8 Å². The van der Waals surface area contributed by atoms with Crippen molar-refractivity contribution in [2.24, 2.45) is 0 Å². The number of halogens is 1. The number of aromatic nitrogens is 1. The lowest BCUT2D eigenvalue weighted by Crippen LogP contribution is -1.83. The van der Waals surface area contributed by atoms with Gasteiger partial charge in [0.2, 0.25) is 0 Å². The molecule has 4 heteroatoms. The van der Waals surface area contributed by atoms with Gasteiger partial charge in [-0.05, 0) is 12.1 Å². The van der Waals surface area contributed by atoms with E-state index in [2.05, 4.69) is 16.8 Å². The highest BCUT2D eigenvalue weighted by atomic mass is 35.5. The predicted octanol–water partition coefficient (Wildman–Crippen LogP) is 3.37. The molecule has 0 amide bonds. The fraction of sp³-hybridized carbons (Fsp3) is 0.154. The minimum atomic E-state index is 0.573. The summed E-state index contributed by atoms with van der Waals surface area (Å²) in [4.78, 5) is 4.23. The van der Waals surface area contributed by atoms with Crippen LogP contribution in [0.1, 0.15) is 12.0 Å². The SMILES string of the molecule is Nc1nc(-c2ccc(C#CCCCl)cc2)cs1. The van der Waals surface area contributed by atoms with Gasteiger partial charge in [0.25, 0.3) is 0 Å². The molecule has 0 radical (unpaired) electrons. The van der Waals surface area contributed by atoms with E-state index in [9.17, 15) is 0 Å². The number of nitrogens with two attached hydrogens (primary N) is 1. The molecule has 86 valence electrons. The summed E-state index contributed by atoms with van der Waals surface area (Å²) in [6.07, 6.45) is 0.714. The average molecular weight is 263 g/mol. The molecule has 0 atom stereocenters. The molecule has 2 N–H and O–H groups in total. The highest BCUT2D eigenvalue weighted by molar-refractivity contribution is 7.13. The molecule has 2 rings (SSSR count). The Balaban J connectivity index is 2.16. The summed E-state index contributed by atoms with van der Waals surface area (Å²) >= 11 is 7.00. The van der Waals surface area contributed by atoms with Crippen molar-refractivity contribution in [3.05, 3.63) is 35.2 Å². The van der Waals surface area contributed by atoms with Crippen molar-refractivity contribution >= 4 is 28.1 Å². The van der Waals surface area contributed by atoms with Crippen molar-refractivity contribution in [1.82, 2.24) is 4.98 Å².